The van der Waals surface area contributed by atoms with Gasteiger partial charge in [0.1, 0.15) is 0 Å². The van der Waals surface area contributed by atoms with Crippen LogP contribution >= 0.6 is 0 Å². The number of carbonyl (C=O) groups is 2. The normalized spacial score (nSPS) is 16.2. The van der Waals surface area contributed by atoms with E-state index in [9.17, 15) is 9.59 Å². The Labute approximate surface area is 103 Å². The van der Waals surface area contributed by atoms with Crippen LogP contribution in [-0.4, -0.2) is 24.1 Å². The maximum atomic E-state index is 11.9. The molecule has 0 radical (unpaired) electrons. The molecule has 1 aliphatic carbocycles. The lowest BCUT2D eigenvalue weighted by atomic mass is 9.76. The lowest BCUT2D eigenvalue weighted by Gasteiger charge is -2.31. The standard InChI is InChI=1S/C13H22O4/c1-8(2)16-12(14)11(10-6-5-7-10)13(15)17-9(3)4/h8-11H,5-7H2,1-4H3. The van der Waals surface area contributed by atoms with Gasteiger partial charge in [-0.2, -0.15) is 0 Å². The van der Waals surface area contributed by atoms with Gasteiger partial charge < -0.3 is 9.47 Å². The molecule has 0 aromatic heterocycles. The average molecular weight is 242 g/mol. The van der Waals surface area contributed by atoms with Crippen molar-refractivity contribution in [3.05, 3.63) is 0 Å². The molecule has 98 valence electrons. The molecule has 0 amide bonds. The first-order valence-electron chi connectivity index (χ1n) is 6.32. The van der Waals surface area contributed by atoms with Crippen LogP contribution in [-0.2, 0) is 19.1 Å². The highest BCUT2D eigenvalue weighted by atomic mass is 16.6. The monoisotopic (exact) mass is 242 g/mol. The van der Waals surface area contributed by atoms with Crippen LogP contribution in [0.25, 0.3) is 0 Å². The van der Waals surface area contributed by atoms with Gasteiger partial charge in [0.05, 0.1) is 12.2 Å². The van der Waals surface area contributed by atoms with Crippen molar-refractivity contribution in [2.75, 3.05) is 0 Å². The summed E-state index contributed by atoms with van der Waals surface area (Å²) in [5.41, 5.74) is 0. The van der Waals surface area contributed by atoms with E-state index in [0.29, 0.717) is 0 Å². The number of hydrogen-bond acceptors (Lipinski definition) is 4. The summed E-state index contributed by atoms with van der Waals surface area (Å²) in [6, 6.07) is 0. The second kappa shape index (κ2) is 6.03. The second-order valence-corrected chi connectivity index (χ2v) is 5.14. The van der Waals surface area contributed by atoms with E-state index in [0.717, 1.165) is 19.3 Å². The van der Waals surface area contributed by atoms with Crippen molar-refractivity contribution in [1.82, 2.24) is 0 Å². The fraction of sp³-hybridized carbons (Fsp3) is 0.846. The molecule has 0 heterocycles. The van der Waals surface area contributed by atoms with Gasteiger partial charge in [0, 0.05) is 0 Å². The van der Waals surface area contributed by atoms with Crippen LogP contribution in [0.15, 0.2) is 0 Å². The van der Waals surface area contributed by atoms with Crippen molar-refractivity contribution in [3.63, 3.8) is 0 Å². The number of hydrogen-bond donors (Lipinski definition) is 0. The van der Waals surface area contributed by atoms with Crippen LogP contribution in [0.5, 0.6) is 0 Å². The summed E-state index contributed by atoms with van der Waals surface area (Å²) in [5, 5.41) is 0. The van der Waals surface area contributed by atoms with E-state index in [1.54, 1.807) is 27.7 Å². The van der Waals surface area contributed by atoms with E-state index in [1.807, 2.05) is 0 Å². The predicted molar refractivity (Wildman–Crippen MR) is 63.3 cm³/mol. The van der Waals surface area contributed by atoms with E-state index in [1.165, 1.54) is 0 Å². The van der Waals surface area contributed by atoms with Crippen molar-refractivity contribution >= 4 is 11.9 Å². The molecule has 0 N–H and O–H groups in total. The van der Waals surface area contributed by atoms with E-state index in [2.05, 4.69) is 0 Å². The van der Waals surface area contributed by atoms with E-state index in [4.69, 9.17) is 9.47 Å². The Balaban J connectivity index is 2.65. The Morgan fingerprint density at radius 1 is 0.941 bits per heavy atom. The zero-order valence-corrected chi connectivity index (χ0v) is 11.1. The summed E-state index contributed by atoms with van der Waals surface area (Å²) in [7, 11) is 0. The molecule has 0 aromatic rings. The summed E-state index contributed by atoms with van der Waals surface area (Å²) >= 11 is 0. The summed E-state index contributed by atoms with van der Waals surface area (Å²) < 4.78 is 10.3. The third-order valence-corrected chi connectivity index (χ3v) is 2.83. The topological polar surface area (TPSA) is 52.6 Å². The van der Waals surface area contributed by atoms with Crippen LogP contribution in [0.4, 0.5) is 0 Å². The molecule has 4 heteroatoms. The zero-order valence-electron chi connectivity index (χ0n) is 11.1. The highest BCUT2D eigenvalue weighted by Crippen LogP contribution is 2.35. The van der Waals surface area contributed by atoms with E-state index < -0.39 is 17.9 Å². The van der Waals surface area contributed by atoms with Crippen molar-refractivity contribution in [2.45, 2.75) is 59.2 Å². The smallest absolute Gasteiger partial charge is 0.320 e. The van der Waals surface area contributed by atoms with Gasteiger partial charge in [-0.15, -0.1) is 0 Å². The minimum atomic E-state index is -0.728. The maximum Gasteiger partial charge on any atom is 0.320 e. The highest BCUT2D eigenvalue weighted by molar-refractivity contribution is 5.95. The molecule has 0 saturated heterocycles. The van der Waals surface area contributed by atoms with Gasteiger partial charge in [-0.3, -0.25) is 9.59 Å². The van der Waals surface area contributed by atoms with E-state index >= 15 is 0 Å². The SMILES string of the molecule is CC(C)OC(=O)C(C(=O)OC(C)C)C1CCC1. The first kappa shape index (κ1) is 14.0. The minimum absolute atomic E-state index is 0.104. The molecule has 1 rings (SSSR count). The fourth-order valence-electron chi connectivity index (χ4n) is 1.87. The lowest BCUT2D eigenvalue weighted by Crippen LogP contribution is -2.39. The Morgan fingerprint density at radius 2 is 1.35 bits per heavy atom. The molecule has 0 unspecified atom stereocenters. The predicted octanol–water partition coefficient (Wildman–Crippen LogP) is 2.31. The van der Waals surface area contributed by atoms with Gasteiger partial charge in [-0.1, -0.05) is 6.42 Å². The van der Waals surface area contributed by atoms with Crippen LogP contribution < -0.4 is 0 Å². The zero-order chi connectivity index (χ0) is 13.0. The van der Waals surface area contributed by atoms with Crippen LogP contribution in [0.1, 0.15) is 47.0 Å². The Bertz CT molecular complexity index is 257. The molecule has 0 aliphatic heterocycles. The first-order chi connectivity index (χ1) is 7.91. The number of ether oxygens (including phenoxy) is 2. The minimum Gasteiger partial charge on any atom is -0.462 e. The molecule has 17 heavy (non-hydrogen) atoms. The Hall–Kier alpha value is -1.06. The maximum absolute atomic E-state index is 11.9. The van der Waals surface area contributed by atoms with Crippen LogP contribution in [0.2, 0.25) is 0 Å². The third kappa shape index (κ3) is 4.02. The Kier molecular flexibility index (Phi) is 4.97. The average Bonchev–Trinajstić information content (AvgIpc) is 2.07. The highest BCUT2D eigenvalue weighted by Gasteiger charge is 2.41. The van der Waals surface area contributed by atoms with Crippen molar-refractivity contribution < 1.29 is 19.1 Å². The van der Waals surface area contributed by atoms with Crippen LogP contribution in [0, 0.1) is 11.8 Å². The molecule has 1 saturated carbocycles. The summed E-state index contributed by atoms with van der Waals surface area (Å²) in [6.07, 6.45) is 2.50. The van der Waals surface area contributed by atoms with Gasteiger partial charge in [-0.05, 0) is 46.5 Å². The number of esters is 2. The molecular weight excluding hydrogens is 220 g/mol. The molecule has 1 fully saturated rings. The summed E-state index contributed by atoms with van der Waals surface area (Å²) in [6.45, 7) is 7.13. The number of rotatable bonds is 5. The summed E-state index contributed by atoms with van der Waals surface area (Å²) in [4.78, 5) is 23.8. The Morgan fingerprint density at radius 3 is 1.59 bits per heavy atom. The van der Waals surface area contributed by atoms with Gasteiger partial charge in [0.25, 0.3) is 0 Å². The molecule has 0 atom stereocenters. The number of carbonyl (C=O) groups excluding carboxylic acids is 2. The molecule has 0 bridgehead atoms. The molecule has 4 nitrogen and oxygen atoms in total. The van der Waals surface area contributed by atoms with Crippen LogP contribution in [0.3, 0.4) is 0 Å². The van der Waals surface area contributed by atoms with E-state index in [-0.39, 0.29) is 18.1 Å². The lowest BCUT2D eigenvalue weighted by molar-refractivity contribution is -0.170. The molecule has 0 aromatic carbocycles. The van der Waals surface area contributed by atoms with Gasteiger partial charge in [-0.25, -0.2) is 0 Å². The van der Waals surface area contributed by atoms with Gasteiger partial charge in [0.2, 0.25) is 0 Å². The molecule has 0 spiro atoms. The quantitative estimate of drug-likeness (QED) is 0.548. The van der Waals surface area contributed by atoms with Crippen molar-refractivity contribution in [1.29, 1.82) is 0 Å². The second-order valence-electron chi connectivity index (χ2n) is 5.14. The largest absolute Gasteiger partial charge is 0.462 e. The van der Waals surface area contributed by atoms with Crippen molar-refractivity contribution in [2.24, 2.45) is 11.8 Å². The third-order valence-electron chi connectivity index (χ3n) is 2.83. The van der Waals surface area contributed by atoms with Gasteiger partial charge >= 0.3 is 11.9 Å². The fourth-order valence-corrected chi connectivity index (χ4v) is 1.87. The summed E-state index contributed by atoms with van der Waals surface area (Å²) in [5.74, 6) is -1.49. The van der Waals surface area contributed by atoms with Gasteiger partial charge in [0.15, 0.2) is 5.92 Å². The molecule has 1 aliphatic rings. The van der Waals surface area contributed by atoms with Crippen molar-refractivity contribution in [3.8, 4) is 0 Å². The molecular formula is C13H22O4. The first-order valence-corrected chi connectivity index (χ1v) is 6.32.